The summed E-state index contributed by atoms with van der Waals surface area (Å²) in [6.45, 7) is 0.177. The van der Waals surface area contributed by atoms with Gasteiger partial charge in [-0.15, -0.1) is 0 Å². The minimum absolute atomic E-state index is 0.0569. The van der Waals surface area contributed by atoms with Crippen LogP contribution in [0.2, 0.25) is 0 Å². The number of pyridine rings is 1. The molecule has 0 radical (unpaired) electrons. The molecule has 4 rings (SSSR count). The van der Waals surface area contributed by atoms with Crippen LogP contribution in [-0.4, -0.2) is 52.7 Å². The third-order valence-electron chi connectivity index (χ3n) is 5.11. The first kappa shape index (κ1) is 21.8. The number of aromatic hydroxyl groups is 1. The van der Waals surface area contributed by atoms with E-state index in [2.05, 4.69) is 25.0 Å². The smallest absolute Gasteiger partial charge is 0.307 e. The maximum atomic E-state index is 12.4. The second-order valence-corrected chi connectivity index (χ2v) is 7.19. The summed E-state index contributed by atoms with van der Waals surface area (Å²) in [6.07, 6.45) is 1.74. The third kappa shape index (κ3) is 4.62. The van der Waals surface area contributed by atoms with Crippen molar-refractivity contribution >= 4 is 22.9 Å². The number of H-pyrrole nitrogens is 1. The van der Waals surface area contributed by atoms with Gasteiger partial charge in [-0.2, -0.15) is 0 Å². The first-order valence-electron chi connectivity index (χ1n) is 10.2. The molecule has 4 aromatic rings. The number of aromatic nitrogens is 3. The highest BCUT2D eigenvalue weighted by Gasteiger charge is 2.15. The molecule has 0 unspecified atom stereocenters. The van der Waals surface area contributed by atoms with Crippen LogP contribution in [0.5, 0.6) is 11.6 Å². The largest absolute Gasteiger partial charge is 0.507 e. The van der Waals surface area contributed by atoms with Crippen LogP contribution in [0.1, 0.15) is 16.8 Å². The van der Waals surface area contributed by atoms with Crippen LogP contribution in [0.25, 0.3) is 33.5 Å². The van der Waals surface area contributed by atoms with E-state index in [4.69, 9.17) is 4.74 Å². The van der Waals surface area contributed by atoms with Crippen molar-refractivity contribution in [1.29, 1.82) is 0 Å². The number of methoxy groups -OCH3 is 2. The average molecular weight is 446 g/mol. The number of carbonyl (C=O) groups excluding carboxylic acids is 2. The van der Waals surface area contributed by atoms with E-state index in [1.807, 2.05) is 12.1 Å². The molecule has 2 aromatic heterocycles. The zero-order chi connectivity index (χ0) is 23.4. The first-order chi connectivity index (χ1) is 16.0. The number of carbonyl (C=O) groups is 2. The summed E-state index contributed by atoms with van der Waals surface area (Å²) in [4.78, 5) is 35.6. The molecule has 0 aliphatic rings. The van der Waals surface area contributed by atoms with Gasteiger partial charge in [0.2, 0.25) is 5.88 Å². The van der Waals surface area contributed by atoms with Crippen molar-refractivity contribution < 1.29 is 24.2 Å². The second-order valence-electron chi connectivity index (χ2n) is 7.19. The van der Waals surface area contributed by atoms with Crippen LogP contribution in [0.3, 0.4) is 0 Å². The lowest BCUT2D eigenvalue weighted by atomic mass is 10.0. The summed E-state index contributed by atoms with van der Waals surface area (Å²) in [5, 5.41) is 13.2. The number of esters is 1. The molecule has 0 saturated carbocycles. The molecule has 0 bridgehead atoms. The number of nitrogens with one attached hydrogen (secondary N) is 2. The van der Waals surface area contributed by atoms with Crippen LogP contribution in [0.4, 0.5) is 0 Å². The number of nitrogens with zero attached hydrogens (tertiary/aromatic N) is 2. The van der Waals surface area contributed by atoms with Gasteiger partial charge in [0.05, 0.1) is 37.2 Å². The number of hydrogen-bond acceptors (Lipinski definition) is 7. The Hall–Kier alpha value is -4.40. The van der Waals surface area contributed by atoms with Crippen LogP contribution in [-0.2, 0) is 9.53 Å². The number of aromatic amines is 1. The number of amides is 1. The summed E-state index contributed by atoms with van der Waals surface area (Å²) >= 11 is 0. The molecule has 1 amide bonds. The Morgan fingerprint density at radius 1 is 1.09 bits per heavy atom. The summed E-state index contributed by atoms with van der Waals surface area (Å²) in [5.74, 6) is 0.277. The molecule has 9 nitrogen and oxygen atoms in total. The summed E-state index contributed by atoms with van der Waals surface area (Å²) in [5.41, 5.74) is 3.77. The third-order valence-corrected chi connectivity index (χ3v) is 5.11. The van der Waals surface area contributed by atoms with Crippen molar-refractivity contribution in [3.05, 3.63) is 60.3 Å². The molecule has 2 aromatic carbocycles. The highest BCUT2D eigenvalue weighted by molar-refractivity contribution is 5.98. The Labute approximate surface area is 189 Å². The Morgan fingerprint density at radius 2 is 1.94 bits per heavy atom. The van der Waals surface area contributed by atoms with Crippen molar-refractivity contribution in [2.75, 3.05) is 20.8 Å². The number of fused-ring (bicyclic) bond motifs is 1. The second kappa shape index (κ2) is 9.39. The van der Waals surface area contributed by atoms with Gasteiger partial charge in [-0.3, -0.25) is 9.59 Å². The van der Waals surface area contributed by atoms with Gasteiger partial charge >= 0.3 is 5.97 Å². The average Bonchev–Trinajstić information content (AvgIpc) is 3.27. The lowest BCUT2D eigenvalue weighted by Gasteiger charge is -2.09. The van der Waals surface area contributed by atoms with Crippen molar-refractivity contribution in [3.8, 4) is 34.1 Å². The molecule has 0 spiro atoms. The normalized spacial score (nSPS) is 10.7. The van der Waals surface area contributed by atoms with E-state index in [9.17, 15) is 14.7 Å². The van der Waals surface area contributed by atoms with Crippen LogP contribution >= 0.6 is 0 Å². The molecule has 3 N–H and O–H groups in total. The Kier molecular flexibility index (Phi) is 6.21. The summed E-state index contributed by atoms with van der Waals surface area (Å²) in [7, 11) is 2.85. The van der Waals surface area contributed by atoms with Gasteiger partial charge in [-0.05, 0) is 48.0 Å². The highest BCUT2D eigenvalue weighted by atomic mass is 16.5. The maximum Gasteiger partial charge on any atom is 0.307 e. The van der Waals surface area contributed by atoms with E-state index in [0.717, 1.165) is 11.1 Å². The first-order valence-corrected chi connectivity index (χ1v) is 10.2. The predicted molar refractivity (Wildman–Crippen MR) is 122 cm³/mol. The zero-order valence-electron chi connectivity index (χ0n) is 18.1. The number of phenolic OH excluding ortho intramolecular Hbond substituents is 1. The molecule has 0 fully saturated rings. The molecular formula is C24H22N4O5. The van der Waals surface area contributed by atoms with Crippen molar-refractivity contribution in [1.82, 2.24) is 20.3 Å². The number of benzene rings is 2. The van der Waals surface area contributed by atoms with Crippen LogP contribution in [0.15, 0.2) is 54.7 Å². The van der Waals surface area contributed by atoms with Gasteiger partial charge in [0.25, 0.3) is 5.91 Å². The van der Waals surface area contributed by atoms with Gasteiger partial charge in [-0.25, -0.2) is 9.97 Å². The number of ether oxygens (including phenoxy) is 2. The minimum Gasteiger partial charge on any atom is -0.507 e. The minimum atomic E-state index is -0.394. The fourth-order valence-corrected chi connectivity index (χ4v) is 3.43. The molecule has 2 heterocycles. The molecule has 0 saturated heterocycles. The number of hydrogen-bond donors (Lipinski definition) is 3. The number of phenols is 1. The lowest BCUT2D eigenvalue weighted by Crippen LogP contribution is -2.26. The molecule has 0 aliphatic carbocycles. The lowest BCUT2D eigenvalue weighted by molar-refractivity contribution is -0.140. The van der Waals surface area contributed by atoms with E-state index in [0.29, 0.717) is 33.9 Å². The molecular weight excluding hydrogens is 424 g/mol. The standard InChI is InChI=1S/C24H22N4O5/c1-32-21(30)9-11-25-23(31)15-5-7-18-19(13-15)28-22(27-18)17-12-14(6-8-20(17)29)16-4-3-10-26-24(16)33-2/h3-8,10,12-13,29H,9,11H2,1-2H3,(H,25,31)(H,27,28). The van der Waals surface area contributed by atoms with Gasteiger partial charge in [0.1, 0.15) is 11.6 Å². The number of imidazole rings is 1. The summed E-state index contributed by atoms with van der Waals surface area (Å²) < 4.78 is 9.91. The SMILES string of the molecule is COC(=O)CCNC(=O)c1ccc2nc(-c3cc(-c4cccnc4OC)ccc3O)[nH]c2c1. The van der Waals surface area contributed by atoms with E-state index in [1.54, 1.807) is 49.7 Å². The molecule has 168 valence electrons. The zero-order valence-corrected chi connectivity index (χ0v) is 18.1. The van der Waals surface area contributed by atoms with Crippen molar-refractivity contribution in [2.24, 2.45) is 0 Å². The molecule has 0 atom stereocenters. The maximum absolute atomic E-state index is 12.4. The van der Waals surface area contributed by atoms with Crippen molar-refractivity contribution in [3.63, 3.8) is 0 Å². The van der Waals surface area contributed by atoms with E-state index < -0.39 is 5.97 Å². The van der Waals surface area contributed by atoms with E-state index in [1.165, 1.54) is 7.11 Å². The van der Waals surface area contributed by atoms with Gasteiger partial charge in [0, 0.05) is 23.9 Å². The van der Waals surface area contributed by atoms with E-state index >= 15 is 0 Å². The molecule has 9 heteroatoms. The summed E-state index contributed by atoms with van der Waals surface area (Å²) in [6, 6.07) is 13.9. The van der Waals surface area contributed by atoms with Crippen LogP contribution < -0.4 is 10.1 Å². The number of rotatable bonds is 7. The highest BCUT2D eigenvalue weighted by Crippen LogP contribution is 2.35. The Balaban J connectivity index is 1.63. The fourth-order valence-electron chi connectivity index (χ4n) is 3.43. The topological polar surface area (TPSA) is 126 Å². The molecule has 33 heavy (non-hydrogen) atoms. The Morgan fingerprint density at radius 3 is 2.73 bits per heavy atom. The van der Waals surface area contributed by atoms with E-state index in [-0.39, 0.29) is 24.6 Å². The van der Waals surface area contributed by atoms with Crippen molar-refractivity contribution in [2.45, 2.75) is 6.42 Å². The predicted octanol–water partition coefficient (Wildman–Crippen LogP) is 3.30. The quantitative estimate of drug-likeness (QED) is 0.372. The van der Waals surface area contributed by atoms with Gasteiger partial charge < -0.3 is 24.9 Å². The molecule has 0 aliphatic heterocycles. The van der Waals surface area contributed by atoms with Gasteiger partial charge in [-0.1, -0.05) is 6.07 Å². The Bertz CT molecular complexity index is 1330. The fraction of sp³-hybridized carbons (Fsp3) is 0.167. The monoisotopic (exact) mass is 446 g/mol. The van der Waals surface area contributed by atoms with Gasteiger partial charge in [0.15, 0.2) is 0 Å². The van der Waals surface area contributed by atoms with Crippen LogP contribution in [0, 0.1) is 0 Å².